The number of nitro groups is 1. The van der Waals surface area contributed by atoms with Gasteiger partial charge in [0.25, 0.3) is 5.69 Å². The summed E-state index contributed by atoms with van der Waals surface area (Å²) in [6.07, 6.45) is 1.60. The number of benzene rings is 2. The largest absolute Gasteiger partial charge is 0.294 e. The summed E-state index contributed by atoms with van der Waals surface area (Å²) in [5.74, 6) is 0. The van der Waals surface area contributed by atoms with Gasteiger partial charge in [-0.3, -0.25) is 15.5 Å². The van der Waals surface area contributed by atoms with Crippen molar-refractivity contribution in [3.8, 4) is 0 Å². The van der Waals surface area contributed by atoms with E-state index in [1.54, 1.807) is 29.2 Å². The van der Waals surface area contributed by atoms with Crippen molar-refractivity contribution >= 4 is 22.4 Å². The molecule has 3 rings (SSSR count). The van der Waals surface area contributed by atoms with Gasteiger partial charge in [-0.25, -0.2) is 9.66 Å². The van der Waals surface area contributed by atoms with Gasteiger partial charge in [0.1, 0.15) is 12.0 Å². The van der Waals surface area contributed by atoms with Crippen LogP contribution >= 0.6 is 0 Å². The summed E-state index contributed by atoms with van der Waals surface area (Å²) in [5.41, 5.74) is 5.13. The molecule has 0 saturated heterocycles. The van der Waals surface area contributed by atoms with E-state index in [0.717, 1.165) is 11.0 Å². The van der Waals surface area contributed by atoms with E-state index < -0.39 is 4.92 Å². The third kappa shape index (κ3) is 1.99. The highest BCUT2D eigenvalue weighted by molar-refractivity contribution is 5.76. The minimum atomic E-state index is -0.415. The first-order valence-electron chi connectivity index (χ1n) is 5.68. The molecule has 0 radical (unpaired) electrons. The number of para-hydroxylation sites is 4. The average molecular weight is 254 g/mol. The molecule has 0 amide bonds. The molecule has 0 aliphatic rings. The van der Waals surface area contributed by atoms with Crippen molar-refractivity contribution in [2.75, 3.05) is 5.43 Å². The monoisotopic (exact) mass is 254 g/mol. The van der Waals surface area contributed by atoms with E-state index in [2.05, 4.69) is 10.4 Å². The molecule has 1 N–H and O–H groups in total. The second-order valence-corrected chi connectivity index (χ2v) is 3.99. The predicted octanol–water partition coefficient (Wildman–Crippen LogP) is 2.82. The lowest BCUT2D eigenvalue weighted by Crippen LogP contribution is -2.08. The normalized spacial score (nSPS) is 10.5. The van der Waals surface area contributed by atoms with Gasteiger partial charge in [-0.15, -0.1) is 0 Å². The van der Waals surface area contributed by atoms with E-state index >= 15 is 0 Å². The zero-order valence-corrected chi connectivity index (χ0v) is 9.85. The van der Waals surface area contributed by atoms with E-state index in [9.17, 15) is 10.1 Å². The first-order chi connectivity index (χ1) is 9.25. The molecule has 2 aromatic carbocycles. The Morgan fingerprint density at radius 3 is 2.68 bits per heavy atom. The highest BCUT2D eigenvalue weighted by Crippen LogP contribution is 2.24. The third-order valence-corrected chi connectivity index (χ3v) is 2.80. The lowest BCUT2D eigenvalue weighted by atomic mass is 10.3. The summed E-state index contributed by atoms with van der Waals surface area (Å²) >= 11 is 0. The van der Waals surface area contributed by atoms with Crippen molar-refractivity contribution in [1.82, 2.24) is 9.66 Å². The second kappa shape index (κ2) is 4.41. The van der Waals surface area contributed by atoms with Crippen LogP contribution in [0.3, 0.4) is 0 Å². The number of anilines is 1. The summed E-state index contributed by atoms with van der Waals surface area (Å²) in [6.45, 7) is 0. The Kier molecular flexibility index (Phi) is 2.60. The van der Waals surface area contributed by atoms with Gasteiger partial charge in [0.15, 0.2) is 0 Å². The Morgan fingerprint density at radius 1 is 1.11 bits per heavy atom. The van der Waals surface area contributed by atoms with Crippen molar-refractivity contribution in [1.29, 1.82) is 0 Å². The van der Waals surface area contributed by atoms with Crippen molar-refractivity contribution in [3.05, 3.63) is 65.0 Å². The smallest absolute Gasteiger partial charge is 0.286 e. The molecule has 94 valence electrons. The molecule has 0 bridgehead atoms. The van der Waals surface area contributed by atoms with E-state index in [4.69, 9.17) is 0 Å². The number of fused-ring (bicyclic) bond motifs is 1. The van der Waals surface area contributed by atoms with Crippen LogP contribution in [0.5, 0.6) is 0 Å². The highest BCUT2D eigenvalue weighted by atomic mass is 16.6. The Bertz CT molecular complexity index is 751. The van der Waals surface area contributed by atoms with Crippen molar-refractivity contribution in [2.24, 2.45) is 0 Å². The molecule has 0 unspecified atom stereocenters. The van der Waals surface area contributed by atoms with Crippen LogP contribution in [0.25, 0.3) is 11.0 Å². The zero-order valence-electron chi connectivity index (χ0n) is 9.85. The van der Waals surface area contributed by atoms with E-state index in [-0.39, 0.29) is 5.69 Å². The van der Waals surface area contributed by atoms with Crippen LogP contribution in [0.2, 0.25) is 0 Å². The summed E-state index contributed by atoms with van der Waals surface area (Å²) < 4.78 is 1.66. The summed E-state index contributed by atoms with van der Waals surface area (Å²) in [4.78, 5) is 14.8. The second-order valence-electron chi connectivity index (χ2n) is 3.99. The molecule has 6 heteroatoms. The van der Waals surface area contributed by atoms with Crippen LogP contribution in [0, 0.1) is 10.1 Å². The SMILES string of the molecule is O=[N+]([O-])c1ccccc1Nn1cnc2ccccc21. The van der Waals surface area contributed by atoms with Crippen molar-refractivity contribution in [3.63, 3.8) is 0 Å². The maximum Gasteiger partial charge on any atom is 0.294 e. The molecule has 0 saturated carbocycles. The summed E-state index contributed by atoms with van der Waals surface area (Å²) in [6, 6.07) is 14.1. The summed E-state index contributed by atoms with van der Waals surface area (Å²) in [5, 5.41) is 11.0. The molecule has 0 spiro atoms. The predicted molar refractivity (Wildman–Crippen MR) is 71.9 cm³/mol. The molecule has 1 heterocycles. The Hall–Kier alpha value is -2.89. The molecule has 1 aromatic heterocycles. The Labute approximate surface area is 108 Å². The lowest BCUT2D eigenvalue weighted by Gasteiger charge is -2.08. The van der Waals surface area contributed by atoms with Crippen molar-refractivity contribution < 1.29 is 4.92 Å². The van der Waals surface area contributed by atoms with Gasteiger partial charge < -0.3 is 0 Å². The van der Waals surface area contributed by atoms with E-state index in [0.29, 0.717) is 5.69 Å². The Morgan fingerprint density at radius 2 is 1.84 bits per heavy atom. The molecular weight excluding hydrogens is 244 g/mol. The molecule has 3 aromatic rings. The van der Waals surface area contributed by atoms with Crippen LogP contribution in [-0.4, -0.2) is 14.6 Å². The molecule has 19 heavy (non-hydrogen) atoms. The number of rotatable bonds is 3. The maximum absolute atomic E-state index is 11.0. The van der Waals surface area contributed by atoms with Crippen LogP contribution in [0.4, 0.5) is 11.4 Å². The molecule has 6 nitrogen and oxygen atoms in total. The quantitative estimate of drug-likeness (QED) is 0.576. The number of imidazole rings is 1. The lowest BCUT2D eigenvalue weighted by molar-refractivity contribution is -0.384. The number of aromatic nitrogens is 2. The number of nitro benzene ring substituents is 1. The molecule has 0 atom stereocenters. The Balaban J connectivity index is 2.04. The van der Waals surface area contributed by atoms with Gasteiger partial charge in [0.2, 0.25) is 0 Å². The summed E-state index contributed by atoms with van der Waals surface area (Å²) in [7, 11) is 0. The van der Waals surface area contributed by atoms with Gasteiger partial charge in [0, 0.05) is 6.07 Å². The number of nitrogens with zero attached hydrogens (tertiary/aromatic N) is 3. The number of nitrogens with one attached hydrogen (secondary N) is 1. The van der Waals surface area contributed by atoms with Crippen LogP contribution in [0.1, 0.15) is 0 Å². The van der Waals surface area contributed by atoms with Gasteiger partial charge in [-0.2, -0.15) is 0 Å². The highest BCUT2D eigenvalue weighted by Gasteiger charge is 2.13. The fourth-order valence-corrected chi connectivity index (χ4v) is 1.91. The fraction of sp³-hybridized carbons (Fsp3) is 0. The maximum atomic E-state index is 11.0. The van der Waals surface area contributed by atoms with Gasteiger partial charge in [-0.1, -0.05) is 24.3 Å². The average Bonchev–Trinajstić information content (AvgIpc) is 2.83. The first kappa shape index (κ1) is 11.2. The minimum Gasteiger partial charge on any atom is -0.286 e. The zero-order chi connectivity index (χ0) is 13.2. The standard InChI is InChI=1S/C13H10N4O2/c18-17(19)13-8-4-2-6-11(13)15-16-9-14-10-5-1-3-7-12(10)16/h1-9,15H. The van der Waals surface area contributed by atoms with E-state index in [1.165, 1.54) is 6.07 Å². The number of hydrogen-bond acceptors (Lipinski definition) is 4. The first-order valence-corrected chi connectivity index (χ1v) is 5.68. The van der Waals surface area contributed by atoms with Gasteiger partial charge in [-0.05, 0) is 18.2 Å². The van der Waals surface area contributed by atoms with Crippen LogP contribution in [0.15, 0.2) is 54.9 Å². The molecule has 0 aliphatic heterocycles. The van der Waals surface area contributed by atoms with Crippen LogP contribution < -0.4 is 5.43 Å². The molecule has 0 fully saturated rings. The van der Waals surface area contributed by atoms with Gasteiger partial charge in [0.05, 0.1) is 16.0 Å². The number of hydrogen-bond donors (Lipinski definition) is 1. The molecular formula is C13H10N4O2. The molecule has 0 aliphatic carbocycles. The van der Waals surface area contributed by atoms with Gasteiger partial charge >= 0.3 is 0 Å². The topological polar surface area (TPSA) is 73.0 Å². The fourth-order valence-electron chi connectivity index (χ4n) is 1.91. The van der Waals surface area contributed by atoms with E-state index in [1.807, 2.05) is 24.3 Å². The minimum absolute atomic E-state index is 0.0280. The third-order valence-electron chi connectivity index (χ3n) is 2.80. The van der Waals surface area contributed by atoms with Crippen molar-refractivity contribution in [2.45, 2.75) is 0 Å². The van der Waals surface area contributed by atoms with Crippen LogP contribution in [-0.2, 0) is 0 Å².